The minimum absolute atomic E-state index is 0.187. The van der Waals surface area contributed by atoms with Crippen LogP contribution in [0.4, 0.5) is 0 Å². The summed E-state index contributed by atoms with van der Waals surface area (Å²) in [5.41, 5.74) is 0. The first-order valence-electron chi connectivity index (χ1n) is 6.02. The van der Waals surface area contributed by atoms with E-state index in [1.54, 1.807) is 0 Å². The fourth-order valence-electron chi connectivity index (χ4n) is 1.69. The third-order valence-electron chi connectivity index (χ3n) is 2.70. The summed E-state index contributed by atoms with van der Waals surface area (Å²) < 4.78 is 0. The SMILES string of the molecule is CCCC[C@@H](CCCCCC(=O)O)C(=O)O. The number of carboxylic acids is 2. The molecule has 0 saturated carbocycles. The van der Waals surface area contributed by atoms with E-state index in [0.717, 1.165) is 32.1 Å². The van der Waals surface area contributed by atoms with Gasteiger partial charge in [0.2, 0.25) is 0 Å². The highest BCUT2D eigenvalue weighted by molar-refractivity contribution is 5.69. The van der Waals surface area contributed by atoms with Crippen molar-refractivity contribution in [2.75, 3.05) is 0 Å². The van der Waals surface area contributed by atoms with E-state index in [0.29, 0.717) is 12.8 Å². The van der Waals surface area contributed by atoms with E-state index < -0.39 is 11.9 Å². The van der Waals surface area contributed by atoms with Gasteiger partial charge in [0.15, 0.2) is 0 Å². The Labute approximate surface area is 96.7 Å². The molecular weight excluding hydrogens is 208 g/mol. The zero-order chi connectivity index (χ0) is 12.4. The van der Waals surface area contributed by atoms with Crippen molar-refractivity contribution in [3.8, 4) is 0 Å². The summed E-state index contributed by atoms with van der Waals surface area (Å²) in [6, 6.07) is 0. The number of carbonyl (C=O) groups is 2. The van der Waals surface area contributed by atoms with Gasteiger partial charge in [-0.15, -0.1) is 0 Å². The molecule has 0 bridgehead atoms. The van der Waals surface area contributed by atoms with Crippen LogP contribution in [0.2, 0.25) is 0 Å². The molecule has 0 amide bonds. The summed E-state index contributed by atoms with van der Waals surface area (Å²) >= 11 is 0. The molecule has 0 fully saturated rings. The summed E-state index contributed by atoms with van der Waals surface area (Å²) in [5, 5.41) is 17.4. The first-order valence-corrected chi connectivity index (χ1v) is 6.02. The van der Waals surface area contributed by atoms with Gasteiger partial charge in [0.25, 0.3) is 0 Å². The molecule has 0 aromatic rings. The maximum Gasteiger partial charge on any atom is 0.306 e. The van der Waals surface area contributed by atoms with Gasteiger partial charge in [0, 0.05) is 6.42 Å². The standard InChI is InChI=1S/C12H22O4/c1-2-3-7-10(12(15)16)8-5-4-6-9-11(13)14/h10H,2-9H2,1H3,(H,13,14)(H,15,16)/t10-/m0/s1. The quantitative estimate of drug-likeness (QED) is 0.566. The summed E-state index contributed by atoms with van der Waals surface area (Å²) in [7, 11) is 0. The molecule has 1 atom stereocenters. The van der Waals surface area contributed by atoms with E-state index in [2.05, 4.69) is 0 Å². The minimum atomic E-state index is -0.777. The Morgan fingerprint density at radius 2 is 1.62 bits per heavy atom. The molecule has 0 saturated heterocycles. The topological polar surface area (TPSA) is 74.6 Å². The molecule has 4 heteroatoms. The number of rotatable bonds is 10. The molecule has 0 aromatic heterocycles. The molecule has 16 heavy (non-hydrogen) atoms. The van der Waals surface area contributed by atoms with E-state index in [9.17, 15) is 9.59 Å². The monoisotopic (exact) mass is 230 g/mol. The van der Waals surface area contributed by atoms with Gasteiger partial charge in [0.1, 0.15) is 0 Å². The van der Waals surface area contributed by atoms with Crippen LogP contribution in [-0.2, 0) is 9.59 Å². The van der Waals surface area contributed by atoms with Crippen LogP contribution in [0.15, 0.2) is 0 Å². The highest BCUT2D eigenvalue weighted by atomic mass is 16.4. The summed E-state index contributed by atoms with van der Waals surface area (Å²) in [5.74, 6) is -1.74. The predicted octanol–water partition coefficient (Wildman–Crippen LogP) is 2.91. The fraction of sp³-hybridized carbons (Fsp3) is 0.833. The van der Waals surface area contributed by atoms with Gasteiger partial charge in [-0.2, -0.15) is 0 Å². The van der Waals surface area contributed by atoms with Crippen molar-refractivity contribution in [2.45, 2.75) is 58.3 Å². The van der Waals surface area contributed by atoms with E-state index in [-0.39, 0.29) is 12.3 Å². The van der Waals surface area contributed by atoms with Crippen LogP contribution in [0.3, 0.4) is 0 Å². The van der Waals surface area contributed by atoms with Crippen LogP contribution in [0.25, 0.3) is 0 Å². The Balaban J connectivity index is 3.60. The molecule has 4 nitrogen and oxygen atoms in total. The van der Waals surface area contributed by atoms with Crippen LogP contribution in [0.1, 0.15) is 58.3 Å². The Hall–Kier alpha value is -1.06. The van der Waals surface area contributed by atoms with Crippen LogP contribution in [0.5, 0.6) is 0 Å². The smallest absolute Gasteiger partial charge is 0.306 e. The second-order valence-corrected chi connectivity index (χ2v) is 4.17. The van der Waals surface area contributed by atoms with Gasteiger partial charge in [0.05, 0.1) is 5.92 Å². The molecule has 0 unspecified atom stereocenters. The maximum atomic E-state index is 10.9. The van der Waals surface area contributed by atoms with Crippen LogP contribution < -0.4 is 0 Å². The summed E-state index contributed by atoms with van der Waals surface area (Å²) in [4.78, 5) is 21.1. The first kappa shape index (κ1) is 14.9. The lowest BCUT2D eigenvalue weighted by Crippen LogP contribution is -2.13. The Kier molecular flexibility index (Phi) is 8.58. The molecule has 0 spiro atoms. The number of carboxylic acid groups (broad SMARTS) is 2. The van der Waals surface area contributed by atoms with Crippen LogP contribution in [-0.4, -0.2) is 22.2 Å². The van der Waals surface area contributed by atoms with Crippen molar-refractivity contribution < 1.29 is 19.8 Å². The van der Waals surface area contributed by atoms with Gasteiger partial charge >= 0.3 is 11.9 Å². The number of hydrogen-bond donors (Lipinski definition) is 2. The van der Waals surface area contributed by atoms with Gasteiger partial charge < -0.3 is 10.2 Å². The predicted molar refractivity (Wildman–Crippen MR) is 61.4 cm³/mol. The van der Waals surface area contributed by atoms with Crippen molar-refractivity contribution in [3.05, 3.63) is 0 Å². The lowest BCUT2D eigenvalue weighted by molar-refractivity contribution is -0.142. The molecule has 0 aliphatic carbocycles. The normalized spacial score (nSPS) is 12.3. The van der Waals surface area contributed by atoms with Crippen molar-refractivity contribution in [2.24, 2.45) is 5.92 Å². The van der Waals surface area contributed by atoms with Crippen molar-refractivity contribution in [1.82, 2.24) is 0 Å². The third-order valence-corrected chi connectivity index (χ3v) is 2.70. The lowest BCUT2D eigenvalue weighted by atomic mass is 9.95. The molecule has 0 aliphatic heterocycles. The molecule has 0 aromatic carbocycles. The van der Waals surface area contributed by atoms with Crippen molar-refractivity contribution in [1.29, 1.82) is 0 Å². The van der Waals surface area contributed by atoms with Crippen molar-refractivity contribution in [3.63, 3.8) is 0 Å². The van der Waals surface area contributed by atoms with Crippen LogP contribution >= 0.6 is 0 Å². The third kappa shape index (κ3) is 8.26. The number of aliphatic carboxylic acids is 2. The van der Waals surface area contributed by atoms with E-state index in [1.807, 2.05) is 6.92 Å². The van der Waals surface area contributed by atoms with E-state index >= 15 is 0 Å². The Bertz CT molecular complexity index is 213. The summed E-state index contributed by atoms with van der Waals surface area (Å²) in [6.07, 6.45) is 5.84. The van der Waals surface area contributed by atoms with Crippen LogP contribution in [0, 0.1) is 5.92 Å². The van der Waals surface area contributed by atoms with Gasteiger partial charge in [-0.05, 0) is 19.3 Å². The second kappa shape index (κ2) is 9.19. The second-order valence-electron chi connectivity index (χ2n) is 4.17. The average Bonchev–Trinajstić information content (AvgIpc) is 2.21. The van der Waals surface area contributed by atoms with Gasteiger partial charge in [-0.25, -0.2) is 0 Å². The first-order chi connectivity index (χ1) is 7.57. The average molecular weight is 230 g/mol. The van der Waals surface area contributed by atoms with E-state index in [1.165, 1.54) is 0 Å². The molecule has 0 radical (unpaired) electrons. The molecule has 0 heterocycles. The highest BCUT2D eigenvalue weighted by Crippen LogP contribution is 2.17. The molecule has 2 N–H and O–H groups in total. The van der Waals surface area contributed by atoms with E-state index in [4.69, 9.17) is 10.2 Å². The Morgan fingerprint density at radius 1 is 1.00 bits per heavy atom. The largest absolute Gasteiger partial charge is 0.481 e. The zero-order valence-corrected chi connectivity index (χ0v) is 9.95. The molecule has 94 valence electrons. The van der Waals surface area contributed by atoms with Gasteiger partial charge in [-0.3, -0.25) is 9.59 Å². The number of hydrogen-bond acceptors (Lipinski definition) is 2. The zero-order valence-electron chi connectivity index (χ0n) is 9.95. The van der Waals surface area contributed by atoms with Gasteiger partial charge in [-0.1, -0.05) is 32.6 Å². The fourth-order valence-corrected chi connectivity index (χ4v) is 1.69. The minimum Gasteiger partial charge on any atom is -0.481 e. The molecule has 0 rings (SSSR count). The molecule has 0 aliphatic rings. The summed E-state index contributed by atoms with van der Waals surface area (Å²) in [6.45, 7) is 2.05. The van der Waals surface area contributed by atoms with Crippen molar-refractivity contribution >= 4 is 11.9 Å². The number of unbranched alkanes of at least 4 members (excludes halogenated alkanes) is 3. The maximum absolute atomic E-state index is 10.9. The lowest BCUT2D eigenvalue weighted by Gasteiger charge is -2.10. The molecular formula is C12H22O4. The Morgan fingerprint density at radius 3 is 2.12 bits per heavy atom. The highest BCUT2D eigenvalue weighted by Gasteiger charge is 2.15.